The standard InChI is InChI=1S/C16H31N3/c1-4-5-6-7-8-9-10-11-12-13-16-18-17-14-19(16)15(2)3/h14-15H,4-13H2,1-3H3. The molecule has 1 aromatic heterocycles. The van der Waals surface area contributed by atoms with E-state index in [0.29, 0.717) is 6.04 Å². The number of hydrogen-bond donors (Lipinski definition) is 0. The highest BCUT2D eigenvalue weighted by Gasteiger charge is 2.06. The van der Waals surface area contributed by atoms with Crippen molar-refractivity contribution in [3.05, 3.63) is 12.2 Å². The number of nitrogens with zero attached hydrogens (tertiary/aromatic N) is 3. The summed E-state index contributed by atoms with van der Waals surface area (Å²) in [7, 11) is 0. The van der Waals surface area contributed by atoms with Gasteiger partial charge < -0.3 is 4.57 Å². The Bertz CT molecular complexity index is 318. The molecule has 1 aromatic rings. The molecule has 0 aliphatic rings. The van der Waals surface area contributed by atoms with Crippen molar-refractivity contribution in [3.8, 4) is 0 Å². The Kier molecular flexibility index (Phi) is 8.52. The van der Waals surface area contributed by atoms with Crippen LogP contribution in [-0.4, -0.2) is 14.8 Å². The molecule has 0 saturated heterocycles. The monoisotopic (exact) mass is 265 g/mol. The van der Waals surface area contributed by atoms with Crippen molar-refractivity contribution in [2.45, 2.75) is 91.0 Å². The molecule has 0 amide bonds. The van der Waals surface area contributed by atoms with Gasteiger partial charge in [-0.3, -0.25) is 0 Å². The van der Waals surface area contributed by atoms with Gasteiger partial charge in [-0.2, -0.15) is 0 Å². The number of aryl methyl sites for hydroxylation is 1. The summed E-state index contributed by atoms with van der Waals surface area (Å²) in [5, 5.41) is 8.23. The minimum atomic E-state index is 0.476. The van der Waals surface area contributed by atoms with Crippen LogP contribution in [0.15, 0.2) is 6.33 Å². The van der Waals surface area contributed by atoms with Gasteiger partial charge in [0.05, 0.1) is 0 Å². The first-order valence-electron chi connectivity index (χ1n) is 8.14. The van der Waals surface area contributed by atoms with E-state index in [1.54, 1.807) is 0 Å². The lowest BCUT2D eigenvalue weighted by Gasteiger charge is -2.09. The van der Waals surface area contributed by atoms with Gasteiger partial charge in [-0.05, 0) is 20.3 Å². The molecule has 110 valence electrons. The molecule has 1 heterocycles. The van der Waals surface area contributed by atoms with Crippen molar-refractivity contribution in [3.63, 3.8) is 0 Å². The molecule has 0 N–H and O–H groups in total. The molecule has 19 heavy (non-hydrogen) atoms. The Morgan fingerprint density at radius 2 is 1.53 bits per heavy atom. The van der Waals surface area contributed by atoms with Crippen molar-refractivity contribution >= 4 is 0 Å². The molecule has 3 heteroatoms. The van der Waals surface area contributed by atoms with E-state index in [4.69, 9.17) is 0 Å². The summed E-state index contributed by atoms with van der Waals surface area (Å²) in [4.78, 5) is 0. The molecule has 0 bridgehead atoms. The first kappa shape index (κ1) is 16.2. The molecular formula is C16H31N3. The van der Waals surface area contributed by atoms with Gasteiger partial charge in [0.2, 0.25) is 0 Å². The lowest BCUT2D eigenvalue weighted by Crippen LogP contribution is -2.05. The fraction of sp³-hybridized carbons (Fsp3) is 0.875. The number of unbranched alkanes of at least 4 members (excludes halogenated alkanes) is 8. The lowest BCUT2D eigenvalue weighted by atomic mass is 10.1. The van der Waals surface area contributed by atoms with Gasteiger partial charge in [0.15, 0.2) is 0 Å². The maximum Gasteiger partial charge on any atom is 0.133 e. The van der Waals surface area contributed by atoms with Crippen molar-refractivity contribution in [2.75, 3.05) is 0 Å². The molecule has 0 aliphatic carbocycles. The summed E-state index contributed by atoms with van der Waals surface area (Å²) < 4.78 is 2.19. The Balaban J connectivity index is 2.00. The smallest absolute Gasteiger partial charge is 0.133 e. The number of aromatic nitrogens is 3. The highest BCUT2D eigenvalue weighted by atomic mass is 15.3. The summed E-state index contributed by atoms with van der Waals surface area (Å²) in [5.41, 5.74) is 0. The van der Waals surface area contributed by atoms with Crippen LogP contribution in [-0.2, 0) is 6.42 Å². The first-order chi connectivity index (χ1) is 9.25. The SMILES string of the molecule is CCCCCCCCCCCc1nncn1C(C)C. The van der Waals surface area contributed by atoms with E-state index in [0.717, 1.165) is 12.2 Å². The fourth-order valence-corrected chi connectivity index (χ4v) is 2.47. The van der Waals surface area contributed by atoms with Gasteiger partial charge in [0.25, 0.3) is 0 Å². The predicted octanol–water partition coefficient (Wildman–Crippen LogP) is 4.93. The average Bonchev–Trinajstić information content (AvgIpc) is 2.85. The van der Waals surface area contributed by atoms with Crippen LogP contribution in [0.25, 0.3) is 0 Å². The van der Waals surface area contributed by atoms with E-state index in [1.807, 2.05) is 6.33 Å². The second kappa shape index (κ2) is 9.99. The normalized spacial score (nSPS) is 11.4. The molecule has 0 atom stereocenters. The van der Waals surface area contributed by atoms with Gasteiger partial charge in [-0.25, -0.2) is 0 Å². The summed E-state index contributed by atoms with van der Waals surface area (Å²) in [6.45, 7) is 6.64. The third kappa shape index (κ3) is 6.74. The molecule has 0 saturated carbocycles. The third-order valence-electron chi connectivity index (χ3n) is 3.71. The first-order valence-corrected chi connectivity index (χ1v) is 8.14. The van der Waals surface area contributed by atoms with Crippen LogP contribution < -0.4 is 0 Å². The lowest BCUT2D eigenvalue weighted by molar-refractivity contribution is 0.536. The van der Waals surface area contributed by atoms with Crippen LogP contribution in [0.1, 0.15) is 90.4 Å². The third-order valence-corrected chi connectivity index (χ3v) is 3.71. The molecule has 0 aromatic carbocycles. The maximum atomic E-state index is 4.22. The predicted molar refractivity (Wildman–Crippen MR) is 81.3 cm³/mol. The van der Waals surface area contributed by atoms with Crippen LogP contribution in [0.2, 0.25) is 0 Å². The highest BCUT2D eigenvalue weighted by Crippen LogP contribution is 2.12. The summed E-state index contributed by atoms with van der Waals surface area (Å²) in [6.07, 6.45) is 15.3. The van der Waals surface area contributed by atoms with Crippen LogP contribution in [0.3, 0.4) is 0 Å². The van der Waals surface area contributed by atoms with Crippen LogP contribution in [0.5, 0.6) is 0 Å². The van der Waals surface area contributed by atoms with Crippen molar-refractivity contribution < 1.29 is 0 Å². The van der Waals surface area contributed by atoms with Gasteiger partial charge in [-0.15, -0.1) is 10.2 Å². The molecule has 0 fully saturated rings. The van der Waals surface area contributed by atoms with Crippen molar-refractivity contribution in [1.29, 1.82) is 0 Å². The van der Waals surface area contributed by atoms with E-state index in [-0.39, 0.29) is 0 Å². The largest absolute Gasteiger partial charge is 0.315 e. The quantitative estimate of drug-likeness (QED) is 0.531. The van der Waals surface area contributed by atoms with Gasteiger partial charge in [0.1, 0.15) is 12.2 Å². The minimum Gasteiger partial charge on any atom is -0.315 e. The number of rotatable bonds is 11. The Morgan fingerprint density at radius 3 is 2.11 bits per heavy atom. The van der Waals surface area contributed by atoms with E-state index < -0.39 is 0 Å². The Labute approximate surface area is 118 Å². The molecule has 3 nitrogen and oxygen atoms in total. The van der Waals surface area contributed by atoms with Crippen molar-refractivity contribution in [2.24, 2.45) is 0 Å². The second-order valence-corrected chi connectivity index (χ2v) is 5.83. The Hall–Kier alpha value is -0.860. The zero-order chi connectivity index (χ0) is 13.9. The molecule has 1 rings (SSSR count). The van der Waals surface area contributed by atoms with Crippen LogP contribution in [0, 0.1) is 0 Å². The topological polar surface area (TPSA) is 30.7 Å². The van der Waals surface area contributed by atoms with E-state index in [1.165, 1.54) is 57.8 Å². The Morgan fingerprint density at radius 1 is 0.947 bits per heavy atom. The average molecular weight is 265 g/mol. The minimum absolute atomic E-state index is 0.476. The second-order valence-electron chi connectivity index (χ2n) is 5.83. The fourth-order valence-electron chi connectivity index (χ4n) is 2.47. The van der Waals surface area contributed by atoms with Gasteiger partial charge >= 0.3 is 0 Å². The zero-order valence-electron chi connectivity index (χ0n) is 13.1. The molecule has 0 unspecified atom stereocenters. The summed E-state index contributed by atoms with van der Waals surface area (Å²) in [5.74, 6) is 1.15. The van der Waals surface area contributed by atoms with Crippen molar-refractivity contribution in [1.82, 2.24) is 14.8 Å². The van der Waals surface area contributed by atoms with Gasteiger partial charge in [-0.1, -0.05) is 58.3 Å². The van der Waals surface area contributed by atoms with E-state index >= 15 is 0 Å². The zero-order valence-corrected chi connectivity index (χ0v) is 13.1. The van der Waals surface area contributed by atoms with E-state index in [2.05, 4.69) is 35.5 Å². The number of hydrogen-bond acceptors (Lipinski definition) is 2. The highest BCUT2D eigenvalue weighted by molar-refractivity contribution is 4.87. The van der Waals surface area contributed by atoms with Gasteiger partial charge in [0, 0.05) is 12.5 Å². The molecular weight excluding hydrogens is 234 g/mol. The summed E-state index contributed by atoms with van der Waals surface area (Å²) in [6, 6.07) is 0.476. The maximum absolute atomic E-state index is 4.22. The van der Waals surface area contributed by atoms with Crippen LogP contribution in [0.4, 0.5) is 0 Å². The molecule has 0 aliphatic heterocycles. The van der Waals surface area contributed by atoms with Crippen LogP contribution >= 0.6 is 0 Å². The molecule has 0 spiro atoms. The molecule has 0 radical (unpaired) electrons. The van der Waals surface area contributed by atoms with E-state index in [9.17, 15) is 0 Å². The summed E-state index contributed by atoms with van der Waals surface area (Å²) >= 11 is 0.